The third kappa shape index (κ3) is 3.82. The number of hydrogen-bond donors (Lipinski definition) is 2. The first-order valence-electron chi connectivity index (χ1n) is 5.73. The van der Waals surface area contributed by atoms with Gasteiger partial charge < -0.3 is 15.7 Å². The van der Waals surface area contributed by atoms with Crippen LogP contribution in [0.3, 0.4) is 0 Å². The second kappa shape index (κ2) is 6.23. The Kier molecular flexibility index (Phi) is 4.62. The third-order valence-electron chi connectivity index (χ3n) is 2.46. The molecule has 0 aliphatic rings. The molecule has 5 nitrogen and oxygen atoms in total. The van der Waals surface area contributed by atoms with E-state index >= 15 is 0 Å². The minimum atomic E-state index is -0.530. The van der Waals surface area contributed by atoms with E-state index in [1.165, 1.54) is 23.1 Å². The Labute approximate surface area is 120 Å². The summed E-state index contributed by atoms with van der Waals surface area (Å²) in [7, 11) is 3.86. The molecule has 0 radical (unpaired) electrons. The number of thioether (sulfide) groups is 1. The summed E-state index contributed by atoms with van der Waals surface area (Å²) >= 11 is 3.02. The van der Waals surface area contributed by atoms with Gasteiger partial charge in [0.25, 0.3) is 0 Å². The molecular weight excluding hydrogens is 280 g/mol. The summed E-state index contributed by atoms with van der Waals surface area (Å²) < 4.78 is 0.859. The lowest BCUT2D eigenvalue weighted by Crippen LogP contribution is -2.07. The van der Waals surface area contributed by atoms with Gasteiger partial charge in [-0.05, 0) is 17.7 Å². The van der Waals surface area contributed by atoms with Crippen molar-refractivity contribution in [2.24, 2.45) is 0 Å². The van der Waals surface area contributed by atoms with E-state index < -0.39 is 6.10 Å². The Morgan fingerprint density at radius 1 is 1.32 bits per heavy atom. The molecule has 0 saturated carbocycles. The summed E-state index contributed by atoms with van der Waals surface area (Å²) in [5, 5.41) is 19.1. The number of benzene rings is 1. The molecule has 1 atom stereocenters. The van der Waals surface area contributed by atoms with Crippen LogP contribution in [0.25, 0.3) is 0 Å². The minimum absolute atomic E-state index is 0.530. The number of aromatic nitrogens is 2. The van der Waals surface area contributed by atoms with Crippen molar-refractivity contribution in [3.05, 3.63) is 29.8 Å². The fourth-order valence-corrected chi connectivity index (χ4v) is 3.16. The Balaban J connectivity index is 1.92. The molecule has 102 valence electrons. The van der Waals surface area contributed by atoms with E-state index in [-0.39, 0.29) is 0 Å². The zero-order valence-electron chi connectivity index (χ0n) is 10.8. The minimum Gasteiger partial charge on any atom is -0.399 e. The number of hydrogen-bond acceptors (Lipinski definition) is 7. The van der Waals surface area contributed by atoms with Crippen LogP contribution in [0, 0.1) is 0 Å². The molecule has 19 heavy (non-hydrogen) atoms. The first-order chi connectivity index (χ1) is 9.06. The second-order valence-corrected chi connectivity index (χ2v) is 6.46. The van der Waals surface area contributed by atoms with Gasteiger partial charge in [0.15, 0.2) is 4.34 Å². The molecule has 2 rings (SSSR count). The molecule has 7 heteroatoms. The van der Waals surface area contributed by atoms with E-state index in [2.05, 4.69) is 10.2 Å². The Hall–Kier alpha value is -1.31. The van der Waals surface area contributed by atoms with E-state index in [0.29, 0.717) is 11.4 Å². The van der Waals surface area contributed by atoms with Crippen molar-refractivity contribution in [2.75, 3.05) is 30.5 Å². The van der Waals surface area contributed by atoms with Crippen LogP contribution in [0.15, 0.2) is 28.6 Å². The number of anilines is 2. The van der Waals surface area contributed by atoms with Gasteiger partial charge in [-0.25, -0.2) is 0 Å². The van der Waals surface area contributed by atoms with Gasteiger partial charge in [-0.15, -0.1) is 10.2 Å². The summed E-state index contributed by atoms with van der Waals surface area (Å²) in [6.07, 6.45) is -0.530. The lowest BCUT2D eigenvalue weighted by Gasteiger charge is -2.09. The number of aliphatic hydroxyl groups excluding tert-OH is 1. The standard InChI is InChI=1S/C12H16N4OS2/c1-16(2)11-14-15-12(19-11)18-7-10(17)8-3-5-9(13)6-4-8/h3-6,10,17H,7,13H2,1-2H3. The highest BCUT2D eigenvalue weighted by Gasteiger charge is 2.11. The summed E-state index contributed by atoms with van der Waals surface area (Å²) in [5.74, 6) is 0.548. The van der Waals surface area contributed by atoms with Crippen LogP contribution in [0.5, 0.6) is 0 Å². The number of rotatable bonds is 5. The van der Waals surface area contributed by atoms with Crippen LogP contribution < -0.4 is 10.6 Å². The number of aliphatic hydroxyl groups is 1. The fourth-order valence-electron chi connectivity index (χ4n) is 1.41. The highest BCUT2D eigenvalue weighted by atomic mass is 32.2. The first kappa shape index (κ1) is 14.1. The molecule has 0 fully saturated rings. The van der Waals surface area contributed by atoms with Gasteiger partial charge in [-0.1, -0.05) is 35.2 Å². The van der Waals surface area contributed by atoms with Crippen molar-refractivity contribution in [3.8, 4) is 0 Å². The van der Waals surface area contributed by atoms with Crippen LogP contribution in [0.2, 0.25) is 0 Å². The topological polar surface area (TPSA) is 75.3 Å². The first-order valence-corrected chi connectivity index (χ1v) is 7.53. The maximum absolute atomic E-state index is 10.1. The number of nitrogen functional groups attached to an aromatic ring is 1. The van der Waals surface area contributed by atoms with Gasteiger partial charge >= 0.3 is 0 Å². The van der Waals surface area contributed by atoms with Crippen molar-refractivity contribution in [1.29, 1.82) is 0 Å². The molecule has 3 N–H and O–H groups in total. The van der Waals surface area contributed by atoms with Crippen molar-refractivity contribution in [1.82, 2.24) is 10.2 Å². The van der Waals surface area contributed by atoms with Gasteiger partial charge in [0.2, 0.25) is 5.13 Å². The molecule has 1 aromatic heterocycles. The monoisotopic (exact) mass is 296 g/mol. The fraction of sp³-hybridized carbons (Fsp3) is 0.333. The number of nitrogens with zero attached hydrogens (tertiary/aromatic N) is 3. The van der Waals surface area contributed by atoms with E-state index in [0.717, 1.165) is 15.0 Å². The number of nitrogens with two attached hydrogens (primary N) is 1. The SMILES string of the molecule is CN(C)c1nnc(SCC(O)c2ccc(N)cc2)s1. The van der Waals surface area contributed by atoms with Crippen LogP contribution in [0.4, 0.5) is 10.8 Å². The molecule has 0 saturated heterocycles. The van der Waals surface area contributed by atoms with Crippen LogP contribution in [0.1, 0.15) is 11.7 Å². The molecular formula is C12H16N4OS2. The summed E-state index contributed by atoms with van der Waals surface area (Å²) in [6.45, 7) is 0. The Bertz CT molecular complexity index is 527. The Morgan fingerprint density at radius 2 is 2.00 bits per heavy atom. The quantitative estimate of drug-likeness (QED) is 0.649. The van der Waals surface area contributed by atoms with E-state index in [4.69, 9.17) is 5.73 Å². The third-order valence-corrected chi connectivity index (χ3v) is 4.76. The summed E-state index contributed by atoms with van der Waals surface area (Å²) in [4.78, 5) is 1.91. The summed E-state index contributed by atoms with van der Waals surface area (Å²) in [5.41, 5.74) is 7.17. The average Bonchev–Trinajstić information content (AvgIpc) is 2.86. The van der Waals surface area contributed by atoms with Gasteiger partial charge in [0, 0.05) is 25.5 Å². The van der Waals surface area contributed by atoms with Gasteiger partial charge in [0.05, 0.1) is 6.10 Å². The zero-order valence-corrected chi connectivity index (χ0v) is 12.4. The molecule has 1 unspecified atom stereocenters. The predicted octanol–water partition coefficient (Wildman–Crippen LogP) is 2.01. The van der Waals surface area contributed by atoms with E-state index in [1.54, 1.807) is 12.1 Å². The normalized spacial score (nSPS) is 12.4. The van der Waals surface area contributed by atoms with Gasteiger partial charge in [0.1, 0.15) is 0 Å². The second-order valence-electron chi connectivity index (χ2n) is 4.24. The van der Waals surface area contributed by atoms with E-state index in [9.17, 15) is 5.11 Å². The molecule has 0 aliphatic heterocycles. The van der Waals surface area contributed by atoms with Gasteiger partial charge in [-0.2, -0.15) is 0 Å². The summed E-state index contributed by atoms with van der Waals surface area (Å²) in [6, 6.07) is 7.26. The van der Waals surface area contributed by atoms with E-state index in [1.807, 2.05) is 31.1 Å². The zero-order chi connectivity index (χ0) is 13.8. The van der Waals surface area contributed by atoms with Crippen LogP contribution in [-0.2, 0) is 0 Å². The molecule has 0 aliphatic carbocycles. The lowest BCUT2D eigenvalue weighted by molar-refractivity contribution is 0.204. The maximum atomic E-state index is 10.1. The predicted molar refractivity (Wildman–Crippen MR) is 80.8 cm³/mol. The average molecular weight is 296 g/mol. The molecule has 2 aromatic rings. The molecule has 0 spiro atoms. The highest BCUT2D eigenvalue weighted by molar-refractivity contribution is 8.01. The van der Waals surface area contributed by atoms with Crippen molar-refractivity contribution in [2.45, 2.75) is 10.4 Å². The van der Waals surface area contributed by atoms with Crippen LogP contribution in [-0.4, -0.2) is 35.2 Å². The molecule has 0 amide bonds. The molecule has 0 bridgehead atoms. The molecule has 1 heterocycles. The largest absolute Gasteiger partial charge is 0.399 e. The van der Waals surface area contributed by atoms with Crippen LogP contribution >= 0.6 is 23.1 Å². The highest BCUT2D eigenvalue weighted by Crippen LogP contribution is 2.30. The van der Waals surface area contributed by atoms with Crippen molar-refractivity contribution < 1.29 is 5.11 Å². The van der Waals surface area contributed by atoms with Crippen molar-refractivity contribution >= 4 is 33.9 Å². The Morgan fingerprint density at radius 3 is 2.58 bits per heavy atom. The smallest absolute Gasteiger partial charge is 0.208 e. The van der Waals surface area contributed by atoms with Gasteiger partial charge in [-0.3, -0.25) is 0 Å². The lowest BCUT2D eigenvalue weighted by atomic mass is 10.1. The molecule has 1 aromatic carbocycles. The maximum Gasteiger partial charge on any atom is 0.208 e. The van der Waals surface area contributed by atoms with Crippen molar-refractivity contribution in [3.63, 3.8) is 0 Å².